The zero-order valence-corrected chi connectivity index (χ0v) is 5.83. The third-order valence-electron chi connectivity index (χ3n) is 0.720. The maximum atomic E-state index is 3.77. The second kappa shape index (κ2) is 6.95. The van der Waals surface area contributed by atoms with Gasteiger partial charge >= 0.3 is 0 Å². The first-order chi connectivity index (χ1) is 4.41. The van der Waals surface area contributed by atoms with Crippen LogP contribution in [0.25, 0.3) is 0 Å². The summed E-state index contributed by atoms with van der Waals surface area (Å²) in [7, 11) is 3.60. The van der Waals surface area contributed by atoms with E-state index in [1.807, 2.05) is 31.5 Å². The van der Waals surface area contributed by atoms with Crippen molar-refractivity contribution in [3.8, 4) is 0 Å². The van der Waals surface area contributed by atoms with Crippen LogP contribution in [0.1, 0.15) is 0 Å². The third kappa shape index (κ3) is 6.95. The number of allylic oxidation sites excluding steroid dienone is 3. The summed E-state index contributed by atoms with van der Waals surface area (Å²) < 4.78 is 0. The maximum Gasteiger partial charge on any atom is 0.0277 e. The van der Waals surface area contributed by atoms with E-state index < -0.39 is 0 Å². The molecule has 0 heterocycles. The average Bonchev–Trinajstić information content (AvgIpc) is 1.89. The van der Waals surface area contributed by atoms with E-state index in [-0.39, 0.29) is 0 Å². The van der Waals surface area contributed by atoms with Gasteiger partial charge in [-0.15, -0.1) is 0 Å². The molecule has 0 spiro atoms. The number of nitrogens with one attached hydrogen (secondary N) is 1. The van der Waals surface area contributed by atoms with Crippen molar-refractivity contribution < 1.29 is 0 Å². The molecule has 1 N–H and O–H groups in total. The van der Waals surface area contributed by atoms with Crippen molar-refractivity contribution in [1.82, 2.24) is 5.32 Å². The van der Waals surface area contributed by atoms with Gasteiger partial charge < -0.3 is 5.32 Å². The molecule has 0 radical (unpaired) electrons. The highest BCUT2D eigenvalue weighted by Gasteiger charge is 1.58. The van der Waals surface area contributed by atoms with Crippen molar-refractivity contribution in [2.45, 2.75) is 0 Å². The minimum Gasteiger partial charge on any atom is -0.394 e. The molecule has 2 heteroatoms. The highest BCUT2D eigenvalue weighted by Crippen LogP contribution is 1.70. The fraction of sp³-hybridized carbons (Fsp3) is 0.286. The smallest absolute Gasteiger partial charge is 0.0277 e. The third-order valence-corrected chi connectivity index (χ3v) is 0.720. The first-order valence-electron chi connectivity index (χ1n) is 2.83. The minimum atomic E-state index is 1.74. The molecular weight excluding hydrogens is 112 g/mol. The topological polar surface area (TPSA) is 24.4 Å². The number of hydrogen-bond donors (Lipinski definition) is 1. The van der Waals surface area contributed by atoms with Gasteiger partial charge in [0, 0.05) is 20.3 Å². The lowest BCUT2D eigenvalue weighted by molar-refractivity contribution is 1.10. The second-order valence-corrected chi connectivity index (χ2v) is 1.44. The maximum absolute atomic E-state index is 3.77. The predicted octanol–water partition coefficient (Wildman–Crippen LogP) is 0.976. The van der Waals surface area contributed by atoms with Crippen LogP contribution < -0.4 is 5.32 Å². The lowest BCUT2D eigenvalue weighted by atomic mass is 10.5. The van der Waals surface area contributed by atoms with Gasteiger partial charge in [0.2, 0.25) is 0 Å². The molecule has 0 atom stereocenters. The summed E-state index contributed by atoms with van der Waals surface area (Å²) in [6, 6.07) is 0. The number of aliphatic imine (C=N–C) groups is 1. The van der Waals surface area contributed by atoms with Crippen LogP contribution in [0.15, 0.2) is 29.4 Å². The molecule has 0 aromatic rings. The van der Waals surface area contributed by atoms with Crippen LogP contribution in [0.3, 0.4) is 0 Å². The van der Waals surface area contributed by atoms with Crippen LogP contribution in [0.2, 0.25) is 0 Å². The summed E-state index contributed by atoms with van der Waals surface area (Å²) in [5.41, 5.74) is 0. The van der Waals surface area contributed by atoms with Gasteiger partial charge in [-0.2, -0.15) is 0 Å². The van der Waals surface area contributed by atoms with Gasteiger partial charge in [0.05, 0.1) is 0 Å². The predicted molar refractivity (Wildman–Crippen MR) is 41.8 cm³/mol. The molecule has 0 aromatic heterocycles. The largest absolute Gasteiger partial charge is 0.394 e. The molecule has 0 aromatic carbocycles. The van der Waals surface area contributed by atoms with Crippen LogP contribution in [-0.2, 0) is 0 Å². The quantitative estimate of drug-likeness (QED) is 0.440. The van der Waals surface area contributed by atoms with E-state index in [4.69, 9.17) is 0 Å². The molecule has 0 saturated heterocycles. The molecule has 0 saturated carbocycles. The lowest BCUT2D eigenvalue weighted by Gasteiger charge is -1.78. The standard InChI is InChI=1S/C7H12N2/c1-8-6-4-3-5-7-9-2/h3-8H,1-2H3/b5-3?,6-4?,9-7-. The molecule has 0 unspecified atom stereocenters. The molecule has 0 amide bonds. The Kier molecular flexibility index (Phi) is 6.14. The number of nitrogens with zero attached hydrogens (tertiary/aromatic N) is 1. The first-order valence-corrected chi connectivity index (χ1v) is 2.83. The Hall–Kier alpha value is -1.05. The Morgan fingerprint density at radius 2 is 2.00 bits per heavy atom. The summed E-state index contributed by atoms with van der Waals surface area (Å²) in [6.45, 7) is 0. The van der Waals surface area contributed by atoms with Crippen LogP contribution in [0, 0.1) is 0 Å². The monoisotopic (exact) mass is 124 g/mol. The van der Waals surface area contributed by atoms with E-state index in [0.29, 0.717) is 0 Å². The Bertz CT molecular complexity index is 123. The SMILES string of the molecule is C/N=C\C=CC=CNC. The summed E-state index contributed by atoms with van der Waals surface area (Å²) in [4.78, 5) is 3.77. The minimum absolute atomic E-state index is 1.74. The van der Waals surface area contributed by atoms with Crippen LogP contribution in [-0.4, -0.2) is 20.3 Å². The number of hydrogen-bond acceptors (Lipinski definition) is 2. The van der Waals surface area contributed by atoms with Crippen molar-refractivity contribution in [3.63, 3.8) is 0 Å². The van der Waals surface area contributed by atoms with Crippen molar-refractivity contribution >= 4 is 6.21 Å². The van der Waals surface area contributed by atoms with E-state index in [0.717, 1.165) is 0 Å². The second-order valence-electron chi connectivity index (χ2n) is 1.44. The highest BCUT2D eigenvalue weighted by atomic mass is 14.8. The van der Waals surface area contributed by atoms with E-state index in [1.165, 1.54) is 0 Å². The van der Waals surface area contributed by atoms with Crippen molar-refractivity contribution in [2.24, 2.45) is 4.99 Å². The van der Waals surface area contributed by atoms with Crippen molar-refractivity contribution in [3.05, 3.63) is 24.4 Å². The summed E-state index contributed by atoms with van der Waals surface area (Å²) in [6.07, 6.45) is 9.26. The van der Waals surface area contributed by atoms with E-state index >= 15 is 0 Å². The zero-order chi connectivity index (χ0) is 6.95. The Labute approximate surface area is 56.0 Å². The van der Waals surface area contributed by atoms with Crippen molar-refractivity contribution in [2.75, 3.05) is 14.1 Å². The molecular formula is C7H12N2. The highest BCUT2D eigenvalue weighted by molar-refractivity contribution is 5.71. The summed E-state index contributed by atoms with van der Waals surface area (Å²) in [5, 5.41) is 2.87. The normalized spacial score (nSPS) is 12.2. The molecule has 0 aliphatic heterocycles. The first kappa shape index (κ1) is 7.95. The molecule has 2 nitrogen and oxygen atoms in total. The molecule has 0 fully saturated rings. The zero-order valence-electron chi connectivity index (χ0n) is 5.83. The van der Waals surface area contributed by atoms with Gasteiger partial charge in [-0.1, -0.05) is 6.08 Å². The average molecular weight is 124 g/mol. The van der Waals surface area contributed by atoms with Gasteiger partial charge in [-0.25, -0.2) is 0 Å². The summed E-state index contributed by atoms with van der Waals surface area (Å²) in [5.74, 6) is 0. The molecule has 0 aliphatic carbocycles. The Morgan fingerprint density at radius 1 is 1.22 bits per heavy atom. The molecule has 0 bridgehead atoms. The van der Waals surface area contributed by atoms with Gasteiger partial charge in [-0.3, -0.25) is 4.99 Å². The van der Waals surface area contributed by atoms with Gasteiger partial charge in [0.15, 0.2) is 0 Å². The fourth-order valence-electron chi connectivity index (χ4n) is 0.352. The van der Waals surface area contributed by atoms with E-state index in [9.17, 15) is 0 Å². The summed E-state index contributed by atoms with van der Waals surface area (Å²) >= 11 is 0. The van der Waals surface area contributed by atoms with Gasteiger partial charge in [-0.05, 0) is 18.4 Å². The molecule has 9 heavy (non-hydrogen) atoms. The van der Waals surface area contributed by atoms with Gasteiger partial charge in [0.25, 0.3) is 0 Å². The van der Waals surface area contributed by atoms with E-state index in [1.54, 1.807) is 13.3 Å². The van der Waals surface area contributed by atoms with Gasteiger partial charge in [0.1, 0.15) is 0 Å². The molecule has 0 aliphatic rings. The molecule has 0 rings (SSSR count). The van der Waals surface area contributed by atoms with Crippen LogP contribution >= 0.6 is 0 Å². The van der Waals surface area contributed by atoms with Crippen molar-refractivity contribution in [1.29, 1.82) is 0 Å². The Morgan fingerprint density at radius 3 is 2.56 bits per heavy atom. The van der Waals surface area contributed by atoms with Crippen LogP contribution in [0.5, 0.6) is 0 Å². The number of rotatable bonds is 3. The van der Waals surface area contributed by atoms with E-state index in [2.05, 4.69) is 10.3 Å². The Balaban J connectivity index is 3.35. The van der Waals surface area contributed by atoms with Crippen LogP contribution in [0.4, 0.5) is 0 Å². The molecule has 50 valence electrons. The fourth-order valence-corrected chi connectivity index (χ4v) is 0.352. The lowest BCUT2D eigenvalue weighted by Crippen LogP contribution is -1.89.